The molecule has 0 aliphatic rings. The lowest BCUT2D eigenvalue weighted by Gasteiger charge is -2.01. The quantitative estimate of drug-likeness (QED) is 0.841. The summed E-state index contributed by atoms with van der Waals surface area (Å²) in [5, 5.41) is 6.02. The number of nitrogens with one attached hydrogen (secondary N) is 1. The topological polar surface area (TPSA) is 67.9 Å². The van der Waals surface area contributed by atoms with Gasteiger partial charge in [-0.1, -0.05) is 6.07 Å². The van der Waals surface area contributed by atoms with Crippen molar-refractivity contribution in [1.82, 2.24) is 15.2 Å². The van der Waals surface area contributed by atoms with Crippen LogP contribution in [0.5, 0.6) is 0 Å². The zero-order chi connectivity index (χ0) is 13.1. The second-order valence-corrected chi connectivity index (χ2v) is 3.47. The van der Waals surface area contributed by atoms with Crippen molar-refractivity contribution < 1.29 is 18.3 Å². The molecule has 2 aromatic rings. The van der Waals surface area contributed by atoms with Crippen LogP contribution in [-0.2, 0) is 11.2 Å². The number of ether oxygens (including phenoxy) is 1. The summed E-state index contributed by atoms with van der Waals surface area (Å²) >= 11 is 0. The van der Waals surface area contributed by atoms with Gasteiger partial charge in [0.25, 0.3) is 5.82 Å². The lowest BCUT2D eigenvalue weighted by Crippen LogP contribution is -2.04. The van der Waals surface area contributed by atoms with Crippen LogP contribution in [0.3, 0.4) is 0 Å². The highest BCUT2D eigenvalue weighted by molar-refractivity contribution is 5.84. The number of H-pyrrole nitrogens is 1. The Hall–Kier alpha value is -2.31. The van der Waals surface area contributed by atoms with Crippen molar-refractivity contribution in [3.63, 3.8) is 0 Å². The maximum atomic E-state index is 13.4. The third-order valence-electron chi connectivity index (χ3n) is 2.31. The van der Waals surface area contributed by atoms with Crippen molar-refractivity contribution >= 4 is 5.97 Å². The highest BCUT2D eigenvalue weighted by Gasteiger charge is 2.15. The molecule has 0 saturated heterocycles. The molecule has 0 radical (unpaired) electrons. The molecule has 0 saturated carbocycles. The Balaban J connectivity index is 2.24. The molecule has 1 heterocycles. The monoisotopic (exact) mass is 253 g/mol. The first-order chi connectivity index (χ1) is 8.61. The van der Waals surface area contributed by atoms with Gasteiger partial charge in [0.1, 0.15) is 17.5 Å². The first-order valence-corrected chi connectivity index (χ1v) is 5.04. The third-order valence-corrected chi connectivity index (χ3v) is 2.31. The average Bonchev–Trinajstić information content (AvgIpc) is 2.81. The number of aromatic amines is 1. The van der Waals surface area contributed by atoms with Gasteiger partial charge >= 0.3 is 5.97 Å². The van der Waals surface area contributed by atoms with Gasteiger partial charge in [0.05, 0.1) is 7.11 Å². The van der Waals surface area contributed by atoms with Gasteiger partial charge in [-0.15, -0.1) is 5.10 Å². The van der Waals surface area contributed by atoms with E-state index in [1.807, 2.05) is 0 Å². The summed E-state index contributed by atoms with van der Waals surface area (Å²) in [6, 6.07) is 3.57. The maximum absolute atomic E-state index is 13.4. The normalized spacial score (nSPS) is 10.4. The number of carbonyl (C=O) groups excluding carboxylic acids is 1. The molecule has 94 valence electrons. The van der Waals surface area contributed by atoms with Gasteiger partial charge in [-0.05, 0) is 12.1 Å². The van der Waals surface area contributed by atoms with E-state index in [0.717, 1.165) is 12.1 Å². The van der Waals surface area contributed by atoms with E-state index in [1.54, 1.807) is 0 Å². The van der Waals surface area contributed by atoms with Gasteiger partial charge in [0.15, 0.2) is 0 Å². The standard InChI is InChI=1S/C11H9F2N3O2/c1-18-11(17)10-14-9(15-16-10)5-6-7(12)3-2-4-8(6)13/h2-4H,5H2,1H3,(H,14,15,16). The minimum absolute atomic E-state index is 0.123. The van der Waals surface area contributed by atoms with Crippen LogP contribution < -0.4 is 0 Å². The number of methoxy groups -OCH3 is 1. The molecule has 0 unspecified atom stereocenters. The molecule has 0 aliphatic carbocycles. The SMILES string of the molecule is COC(=O)c1n[nH]c(Cc2c(F)cccc2F)n1. The summed E-state index contributed by atoms with van der Waals surface area (Å²) in [4.78, 5) is 14.9. The summed E-state index contributed by atoms with van der Waals surface area (Å²) in [7, 11) is 1.19. The molecule has 0 amide bonds. The van der Waals surface area contributed by atoms with Crippen LogP contribution in [0.1, 0.15) is 22.0 Å². The molecular weight excluding hydrogens is 244 g/mol. The third kappa shape index (κ3) is 2.34. The zero-order valence-electron chi connectivity index (χ0n) is 9.41. The van der Waals surface area contributed by atoms with E-state index in [4.69, 9.17) is 0 Å². The molecular formula is C11H9F2N3O2. The Bertz CT molecular complexity index is 563. The van der Waals surface area contributed by atoms with E-state index in [-0.39, 0.29) is 23.6 Å². The Morgan fingerprint density at radius 3 is 2.67 bits per heavy atom. The molecule has 1 aromatic carbocycles. The maximum Gasteiger partial charge on any atom is 0.377 e. The first kappa shape index (κ1) is 12.2. The number of aromatic nitrogens is 3. The molecule has 1 N–H and O–H groups in total. The summed E-state index contributed by atoms with van der Waals surface area (Å²) < 4.78 is 31.2. The lowest BCUT2D eigenvalue weighted by atomic mass is 10.1. The molecule has 1 aromatic heterocycles. The molecule has 0 aliphatic heterocycles. The summed E-state index contributed by atoms with van der Waals surface area (Å²) in [6.07, 6.45) is -0.123. The Kier molecular flexibility index (Phi) is 3.31. The number of benzene rings is 1. The number of hydrogen-bond donors (Lipinski definition) is 1. The minimum Gasteiger partial charge on any atom is -0.463 e. The summed E-state index contributed by atoms with van der Waals surface area (Å²) in [6.45, 7) is 0. The first-order valence-electron chi connectivity index (χ1n) is 5.04. The van der Waals surface area contributed by atoms with Crippen molar-refractivity contribution in [3.05, 3.63) is 47.0 Å². The molecule has 0 fully saturated rings. The molecule has 0 spiro atoms. The van der Waals surface area contributed by atoms with Crippen molar-refractivity contribution in [3.8, 4) is 0 Å². The molecule has 0 atom stereocenters. The smallest absolute Gasteiger partial charge is 0.377 e. The molecule has 2 rings (SSSR count). The molecule has 0 bridgehead atoms. The minimum atomic E-state index is -0.716. The number of hydrogen-bond acceptors (Lipinski definition) is 4. The second-order valence-electron chi connectivity index (χ2n) is 3.47. The van der Waals surface area contributed by atoms with E-state index in [1.165, 1.54) is 13.2 Å². The molecule has 18 heavy (non-hydrogen) atoms. The fourth-order valence-corrected chi connectivity index (χ4v) is 1.43. The van der Waals surface area contributed by atoms with Gasteiger partial charge < -0.3 is 4.74 Å². The van der Waals surface area contributed by atoms with Crippen LogP contribution in [0.4, 0.5) is 8.78 Å². The number of halogens is 2. The Labute approximate surface area is 101 Å². The molecule has 7 heteroatoms. The average molecular weight is 253 g/mol. The van der Waals surface area contributed by atoms with E-state index in [2.05, 4.69) is 19.9 Å². The highest BCUT2D eigenvalue weighted by atomic mass is 19.1. The predicted octanol–water partition coefficient (Wildman–Crippen LogP) is 1.46. The number of rotatable bonds is 3. The van der Waals surface area contributed by atoms with Crippen LogP contribution in [0.2, 0.25) is 0 Å². The number of esters is 1. The fourth-order valence-electron chi connectivity index (χ4n) is 1.43. The second kappa shape index (κ2) is 4.91. The number of nitrogens with zero attached hydrogens (tertiary/aromatic N) is 2. The largest absolute Gasteiger partial charge is 0.463 e. The van der Waals surface area contributed by atoms with Gasteiger partial charge in [0.2, 0.25) is 0 Å². The zero-order valence-corrected chi connectivity index (χ0v) is 9.41. The van der Waals surface area contributed by atoms with Crippen molar-refractivity contribution in [2.75, 3.05) is 7.11 Å². The highest BCUT2D eigenvalue weighted by Crippen LogP contribution is 2.15. The summed E-state index contributed by atoms with van der Waals surface area (Å²) in [5.74, 6) is -2.06. The van der Waals surface area contributed by atoms with Crippen LogP contribution in [-0.4, -0.2) is 28.3 Å². The van der Waals surface area contributed by atoms with Gasteiger partial charge in [-0.3, -0.25) is 5.10 Å². The van der Waals surface area contributed by atoms with Gasteiger partial charge in [-0.2, -0.15) is 0 Å². The predicted molar refractivity (Wildman–Crippen MR) is 56.9 cm³/mol. The van der Waals surface area contributed by atoms with E-state index in [9.17, 15) is 13.6 Å². The Morgan fingerprint density at radius 1 is 1.39 bits per heavy atom. The van der Waals surface area contributed by atoms with Crippen LogP contribution >= 0.6 is 0 Å². The van der Waals surface area contributed by atoms with E-state index < -0.39 is 17.6 Å². The van der Waals surface area contributed by atoms with Crippen molar-refractivity contribution in [2.45, 2.75) is 6.42 Å². The van der Waals surface area contributed by atoms with Crippen molar-refractivity contribution in [1.29, 1.82) is 0 Å². The van der Waals surface area contributed by atoms with Crippen LogP contribution in [0.25, 0.3) is 0 Å². The van der Waals surface area contributed by atoms with Gasteiger partial charge in [0, 0.05) is 12.0 Å². The molecule has 5 nitrogen and oxygen atoms in total. The van der Waals surface area contributed by atoms with Crippen LogP contribution in [0.15, 0.2) is 18.2 Å². The summed E-state index contributed by atoms with van der Waals surface area (Å²) in [5.41, 5.74) is -0.134. The van der Waals surface area contributed by atoms with Crippen molar-refractivity contribution in [2.24, 2.45) is 0 Å². The Morgan fingerprint density at radius 2 is 2.06 bits per heavy atom. The fraction of sp³-hybridized carbons (Fsp3) is 0.182. The number of carbonyl (C=O) groups is 1. The lowest BCUT2D eigenvalue weighted by molar-refractivity contribution is 0.0587. The van der Waals surface area contributed by atoms with E-state index in [0.29, 0.717) is 0 Å². The van der Waals surface area contributed by atoms with E-state index >= 15 is 0 Å². The van der Waals surface area contributed by atoms with Crippen LogP contribution in [0, 0.1) is 11.6 Å². The van der Waals surface area contributed by atoms with Gasteiger partial charge in [-0.25, -0.2) is 18.6 Å².